The highest BCUT2D eigenvalue weighted by molar-refractivity contribution is 5.94. The van der Waals surface area contributed by atoms with Gasteiger partial charge in [-0.25, -0.2) is 0 Å². The standard InChI is InChI=1S/C17H17N3O3.ClH/c21-16(19-8-14-11-23-17(22)15(14)10-19)13-6-18-20(9-13)7-12-4-2-1-3-5-12;/h1-6,9,14-15H,7-8,10-11H2;1H/t14-,15-;/m1./s1. The zero-order valence-electron chi connectivity index (χ0n) is 13.0. The molecule has 2 aliphatic heterocycles. The number of fused-ring (bicyclic) bond motifs is 1. The number of carbonyl (C=O) groups is 2. The molecule has 3 heterocycles. The van der Waals surface area contributed by atoms with Gasteiger partial charge < -0.3 is 9.64 Å². The van der Waals surface area contributed by atoms with Crippen molar-refractivity contribution in [3.8, 4) is 0 Å². The first-order valence-corrected chi connectivity index (χ1v) is 7.73. The van der Waals surface area contributed by atoms with Crippen molar-refractivity contribution in [2.75, 3.05) is 19.7 Å². The van der Waals surface area contributed by atoms with E-state index in [1.807, 2.05) is 30.3 Å². The Morgan fingerprint density at radius 3 is 2.79 bits per heavy atom. The first-order valence-electron chi connectivity index (χ1n) is 7.73. The van der Waals surface area contributed by atoms with Crippen LogP contribution in [0.5, 0.6) is 0 Å². The molecule has 1 aromatic heterocycles. The molecule has 0 bridgehead atoms. The quantitative estimate of drug-likeness (QED) is 0.791. The van der Waals surface area contributed by atoms with Crippen LogP contribution in [0.15, 0.2) is 42.7 Å². The van der Waals surface area contributed by atoms with Gasteiger partial charge in [-0.1, -0.05) is 30.3 Å². The van der Waals surface area contributed by atoms with Gasteiger partial charge in [0.25, 0.3) is 5.91 Å². The fraction of sp³-hybridized carbons (Fsp3) is 0.353. The lowest BCUT2D eigenvalue weighted by Gasteiger charge is -2.15. The highest BCUT2D eigenvalue weighted by atomic mass is 35.5. The van der Waals surface area contributed by atoms with Gasteiger partial charge in [0, 0.05) is 25.2 Å². The van der Waals surface area contributed by atoms with Crippen molar-refractivity contribution in [1.82, 2.24) is 14.7 Å². The number of amides is 1. The number of ether oxygens (including phenoxy) is 1. The summed E-state index contributed by atoms with van der Waals surface area (Å²) in [6, 6.07) is 9.98. The van der Waals surface area contributed by atoms with E-state index in [0.29, 0.717) is 31.8 Å². The second kappa shape index (κ2) is 6.65. The molecular weight excluding hydrogens is 330 g/mol. The van der Waals surface area contributed by atoms with Gasteiger partial charge in [-0.3, -0.25) is 14.3 Å². The number of aromatic nitrogens is 2. The van der Waals surface area contributed by atoms with Crippen molar-refractivity contribution in [2.45, 2.75) is 6.54 Å². The van der Waals surface area contributed by atoms with Gasteiger partial charge in [0.05, 0.1) is 30.8 Å². The third-order valence-electron chi connectivity index (χ3n) is 4.54. The minimum absolute atomic E-state index is 0. The lowest BCUT2D eigenvalue weighted by atomic mass is 10.0. The number of nitrogens with zero attached hydrogens (tertiary/aromatic N) is 3. The van der Waals surface area contributed by atoms with Gasteiger partial charge in [0.2, 0.25) is 0 Å². The smallest absolute Gasteiger partial charge is 0.311 e. The molecular formula is C17H18ClN3O3. The Morgan fingerprint density at radius 1 is 1.25 bits per heavy atom. The summed E-state index contributed by atoms with van der Waals surface area (Å²) in [4.78, 5) is 25.9. The Labute approximate surface area is 145 Å². The fourth-order valence-electron chi connectivity index (χ4n) is 3.28. The molecule has 6 nitrogen and oxygen atoms in total. The molecule has 2 fully saturated rings. The second-order valence-corrected chi connectivity index (χ2v) is 6.12. The lowest BCUT2D eigenvalue weighted by molar-refractivity contribution is -0.141. The molecule has 2 saturated heterocycles. The summed E-state index contributed by atoms with van der Waals surface area (Å²) in [6.45, 7) is 2.09. The summed E-state index contributed by atoms with van der Waals surface area (Å²) in [5, 5.41) is 4.27. The first-order chi connectivity index (χ1) is 11.2. The third kappa shape index (κ3) is 3.01. The SMILES string of the molecule is Cl.O=C1OC[C@H]2CN(C(=O)c3cnn(Cc4ccccc4)c3)C[C@@H]12. The predicted octanol–water partition coefficient (Wildman–Crippen LogP) is 1.60. The van der Waals surface area contributed by atoms with Gasteiger partial charge in [-0.15, -0.1) is 12.4 Å². The van der Waals surface area contributed by atoms with Gasteiger partial charge in [-0.2, -0.15) is 5.10 Å². The van der Waals surface area contributed by atoms with E-state index in [9.17, 15) is 9.59 Å². The van der Waals surface area contributed by atoms with E-state index in [1.54, 1.807) is 22.0 Å². The number of benzene rings is 1. The van der Waals surface area contributed by atoms with Crippen LogP contribution in [0, 0.1) is 11.8 Å². The normalized spacial score (nSPS) is 22.0. The molecule has 2 atom stereocenters. The molecule has 0 N–H and O–H groups in total. The molecule has 0 spiro atoms. The molecule has 0 saturated carbocycles. The van der Waals surface area contributed by atoms with Crippen molar-refractivity contribution in [3.63, 3.8) is 0 Å². The van der Waals surface area contributed by atoms with Crippen LogP contribution in [-0.2, 0) is 16.1 Å². The van der Waals surface area contributed by atoms with Crippen LogP contribution in [0.4, 0.5) is 0 Å². The molecule has 2 aliphatic rings. The number of hydrogen-bond donors (Lipinski definition) is 0. The third-order valence-corrected chi connectivity index (χ3v) is 4.54. The lowest BCUT2D eigenvalue weighted by Crippen LogP contribution is -2.30. The van der Waals surface area contributed by atoms with E-state index >= 15 is 0 Å². The van der Waals surface area contributed by atoms with Crippen LogP contribution < -0.4 is 0 Å². The summed E-state index contributed by atoms with van der Waals surface area (Å²) in [6.07, 6.45) is 3.36. The maximum Gasteiger partial charge on any atom is 0.311 e. The van der Waals surface area contributed by atoms with Gasteiger partial charge in [-0.05, 0) is 5.56 Å². The monoisotopic (exact) mass is 347 g/mol. The van der Waals surface area contributed by atoms with Crippen LogP contribution >= 0.6 is 12.4 Å². The minimum atomic E-state index is -0.176. The number of hydrogen-bond acceptors (Lipinski definition) is 4. The van der Waals surface area contributed by atoms with Crippen molar-refractivity contribution >= 4 is 24.3 Å². The van der Waals surface area contributed by atoms with Gasteiger partial charge >= 0.3 is 5.97 Å². The maximum absolute atomic E-state index is 12.6. The predicted molar refractivity (Wildman–Crippen MR) is 88.9 cm³/mol. The Kier molecular flexibility index (Phi) is 4.57. The van der Waals surface area contributed by atoms with Crippen LogP contribution in [0.2, 0.25) is 0 Å². The fourth-order valence-corrected chi connectivity index (χ4v) is 3.28. The number of halogens is 1. The average molecular weight is 348 g/mol. The molecule has 126 valence electrons. The van der Waals surface area contributed by atoms with E-state index in [0.717, 1.165) is 5.56 Å². The molecule has 24 heavy (non-hydrogen) atoms. The largest absolute Gasteiger partial charge is 0.465 e. The van der Waals surface area contributed by atoms with E-state index in [-0.39, 0.29) is 36.1 Å². The first kappa shape index (κ1) is 16.5. The molecule has 1 aromatic carbocycles. The minimum Gasteiger partial charge on any atom is -0.465 e. The van der Waals surface area contributed by atoms with E-state index in [2.05, 4.69) is 5.10 Å². The number of esters is 1. The molecule has 0 radical (unpaired) electrons. The number of carbonyl (C=O) groups excluding carboxylic acids is 2. The highest BCUT2D eigenvalue weighted by Crippen LogP contribution is 2.31. The average Bonchev–Trinajstić information content (AvgIpc) is 3.26. The summed E-state index contributed by atoms with van der Waals surface area (Å²) in [5.74, 6) is -0.249. The molecule has 0 unspecified atom stereocenters. The summed E-state index contributed by atoms with van der Waals surface area (Å²) in [5.41, 5.74) is 1.70. The van der Waals surface area contributed by atoms with E-state index < -0.39 is 0 Å². The van der Waals surface area contributed by atoms with Gasteiger partial charge in [0.1, 0.15) is 0 Å². The number of rotatable bonds is 3. The zero-order chi connectivity index (χ0) is 15.8. The van der Waals surface area contributed by atoms with Crippen LogP contribution in [0.25, 0.3) is 0 Å². The van der Waals surface area contributed by atoms with Crippen LogP contribution in [0.1, 0.15) is 15.9 Å². The van der Waals surface area contributed by atoms with Crippen molar-refractivity contribution in [2.24, 2.45) is 11.8 Å². The Morgan fingerprint density at radius 2 is 2.04 bits per heavy atom. The van der Waals surface area contributed by atoms with Gasteiger partial charge in [0.15, 0.2) is 0 Å². The summed E-state index contributed by atoms with van der Waals surface area (Å²) >= 11 is 0. The number of cyclic esters (lactones) is 1. The summed E-state index contributed by atoms with van der Waals surface area (Å²) in [7, 11) is 0. The molecule has 2 aromatic rings. The van der Waals surface area contributed by atoms with E-state index in [4.69, 9.17) is 4.74 Å². The van der Waals surface area contributed by atoms with Crippen LogP contribution in [0.3, 0.4) is 0 Å². The summed E-state index contributed by atoms with van der Waals surface area (Å²) < 4.78 is 6.79. The Bertz CT molecular complexity index is 747. The maximum atomic E-state index is 12.6. The van der Waals surface area contributed by atoms with Crippen molar-refractivity contribution < 1.29 is 14.3 Å². The van der Waals surface area contributed by atoms with E-state index in [1.165, 1.54) is 0 Å². The van der Waals surface area contributed by atoms with Crippen molar-refractivity contribution in [3.05, 3.63) is 53.9 Å². The topological polar surface area (TPSA) is 64.4 Å². The zero-order valence-corrected chi connectivity index (χ0v) is 13.8. The molecule has 1 amide bonds. The Balaban J connectivity index is 0.00000169. The molecule has 4 rings (SSSR count). The number of likely N-dealkylation sites (tertiary alicyclic amines) is 1. The second-order valence-electron chi connectivity index (χ2n) is 6.12. The van der Waals surface area contributed by atoms with Crippen molar-refractivity contribution in [1.29, 1.82) is 0 Å². The molecule has 0 aliphatic carbocycles. The molecule has 7 heteroatoms. The highest BCUT2D eigenvalue weighted by Gasteiger charge is 2.45. The Hall–Kier alpha value is -2.34. The van der Waals surface area contributed by atoms with Crippen LogP contribution in [-0.4, -0.2) is 46.3 Å².